The van der Waals surface area contributed by atoms with E-state index in [1.807, 2.05) is 17.5 Å². The van der Waals surface area contributed by atoms with Gasteiger partial charge in [-0.05, 0) is 25.0 Å². The van der Waals surface area contributed by atoms with Crippen LogP contribution in [0.15, 0.2) is 34.9 Å². The Morgan fingerprint density at radius 2 is 1.90 bits per heavy atom. The fourth-order valence-corrected chi connectivity index (χ4v) is 3.88. The lowest BCUT2D eigenvalue weighted by Crippen LogP contribution is -2.30. The van der Waals surface area contributed by atoms with E-state index in [1.54, 1.807) is 23.7 Å². The second-order valence-corrected chi connectivity index (χ2v) is 6.62. The zero-order valence-electron chi connectivity index (χ0n) is 11.8. The van der Waals surface area contributed by atoms with Gasteiger partial charge in [0.15, 0.2) is 0 Å². The predicted molar refractivity (Wildman–Crippen MR) is 83.7 cm³/mol. The van der Waals surface area contributed by atoms with E-state index >= 15 is 0 Å². The van der Waals surface area contributed by atoms with E-state index < -0.39 is 0 Å². The van der Waals surface area contributed by atoms with Crippen LogP contribution in [-0.2, 0) is 4.74 Å². The summed E-state index contributed by atoms with van der Waals surface area (Å²) in [5.41, 5.74) is 2.00. The highest BCUT2D eigenvalue weighted by Crippen LogP contribution is 2.36. The van der Waals surface area contributed by atoms with E-state index in [-0.39, 0.29) is 5.54 Å². The molecule has 2 aliphatic rings. The first-order valence-electron chi connectivity index (χ1n) is 7.44. The molecular weight excluding hydrogens is 282 g/mol. The summed E-state index contributed by atoms with van der Waals surface area (Å²) >= 11 is 1.62. The molecule has 1 fully saturated rings. The third-order valence-electron chi connectivity index (χ3n) is 4.25. The van der Waals surface area contributed by atoms with Gasteiger partial charge >= 0.3 is 0 Å². The van der Waals surface area contributed by atoms with Gasteiger partial charge in [0.25, 0.3) is 0 Å². The van der Waals surface area contributed by atoms with E-state index in [9.17, 15) is 0 Å². The molecule has 0 N–H and O–H groups in total. The van der Waals surface area contributed by atoms with Gasteiger partial charge in [-0.3, -0.25) is 4.98 Å². The van der Waals surface area contributed by atoms with Crippen molar-refractivity contribution in [1.82, 2.24) is 9.97 Å². The topological polar surface area (TPSA) is 47.4 Å². The maximum absolute atomic E-state index is 5.86. The lowest BCUT2D eigenvalue weighted by molar-refractivity contribution is 0.207. The SMILES string of the molecule is c1cc(-c2nc(C3=NC4(CCCCC4)CO3)cs2)ccn1. The smallest absolute Gasteiger partial charge is 0.236 e. The Morgan fingerprint density at radius 1 is 1.10 bits per heavy atom. The molecule has 2 aromatic rings. The minimum atomic E-state index is 0.0357. The molecule has 0 saturated heterocycles. The molecule has 1 aliphatic carbocycles. The maximum Gasteiger partial charge on any atom is 0.236 e. The zero-order chi connectivity index (χ0) is 14.1. The van der Waals surface area contributed by atoms with Crippen LogP contribution in [0.1, 0.15) is 37.8 Å². The van der Waals surface area contributed by atoms with Crippen molar-refractivity contribution in [2.75, 3.05) is 6.61 Å². The normalized spacial score (nSPS) is 20.3. The predicted octanol–water partition coefficient (Wildman–Crippen LogP) is 3.68. The van der Waals surface area contributed by atoms with E-state index in [1.165, 1.54) is 19.3 Å². The number of ether oxygens (including phenoxy) is 1. The Morgan fingerprint density at radius 3 is 2.71 bits per heavy atom. The van der Waals surface area contributed by atoms with Crippen molar-refractivity contribution in [2.45, 2.75) is 37.6 Å². The van der Waals surface area contributed by atoms with Crippen LogP contribution in [0.5, 0.6) is 0 Å². The summed E-state index contributed by atoms with van der Waals surface area (Å²) in [4.78, 5) is 13.6. The number of rotatable bonds is 2. The van der Waals surface area contributed by atoms with Gasteiger partial charge in [0.2, 0.25) is 5.90 Å². The number of hydrogen-bond acceptors (Lipinski definition) is 5. The number of hydrogen-bond donors (Lipinski definition) is 0. The average molecular weight is 299 g/mol. The molecule has 21 heavy (non-hydrogen) atoms. The van der Waals surface area contributed by atoms with Gasteiger partial charge in [-0.15, -0.1) is 11.3 Å². The van der Waals surface area contributed by atoms with E-state index in [2.05, 4.69) is 9.97 Å². The zero-order valence-corrected chi connectivity index (χ0v) is 12.6. The maximum atomic E-state index is 5.86. The number of nitrogens with zero attached hydrogens (tertiary/aromatic N) is 3. The highest BCUT2D eigenvalue weighted by molar-refractivity contribution is 7.13. The molecule has 0 bridgehead atoms. The molecule has 2 aromatic heterocycles. The van der Waals surface area contributed by atoms with Crippen LogP contribution >= 0.6 is 11.3 Å². The number of pyridine rings is 1. The molecule has 0 atom stereocenters. The third-order valence-corrected chi connectivity index (χ3v) is 5.14. The van der Waals surface area contributed by atoms with Crippen molar-refractivity contribution < 1.29 is 4.74 Å². The summed E-state index contributed by atoms with van der Waals surface area (Å²) in [7, 11) is 0. The molecule has 1 saturated carbocycles. The minimum Gasteiger partial charge on any atom is -0.474 e. The lowest BCUT2D eigenvalue weighted by atomic mass is 9.83. The summed E-state index contributed by atoms with van der Waals surface area (Å²) in [5.74, 6) is 0.730. The van der Waals surface area contributed by atoms with Crippen LogP contribution in [0.3, 0.4) is 0 Å². The van der Waals surface area contributed by atoms with Crippen molar-refractivity contribution in [1.29, 1.82) is 0 Å². The van der Waals surface area contributed by atoms with Gasteiger partial charge in [0.1, 0.15) is 17.3 Å². The van der Waals surface area contributed by atoms with Crippen LogP contribution in [0.2, 0.25) is 0 Å². The van der Waals surface area contributed by atoms with Gasteiger partial charge < -0.3 is 4.74 Å². The highest BCUT2D eigenvalue weighted by Gasteiger charge is 2.38. The second-order valence-electron chi connectivity index (χ2n) is 5.76. The highest BCUT2D eigenvalue weighted by atomic mass is 32.1. The van der Waals surface area contributed by atoms with E-state index in [4.69, 9.17) is 9.73 Å². The van der Waals surface area contributed by atoms with E-state index in [0.29, 0.717) is 0 Å². The Kier molecular flexibility index (Phi) is 3.22. The van der Waals surface area contributed by atoms with Crippen molar-refractivity contribution in [3.8, 4) is 10.6 Å². The number of aromatic nitrogens is 2. The van der Waals surface area contributed by atoms with Crippen LogP contribution in [0.4, 0.5) is 0 Å². The average Bonchev–Trinajstić information content (AvgIpc) is 3.17. The Hall–Kier alpha value is -1.75. The molecule has 1 spiro atoms. The molecule has 4 rings (SSSR count). The largest absolute Gasteiger partial charge is 0.474 e. The quantitative estimate of drug-likeness (QED) is 0.849. The molecule has 5 heteroatoms. The summed E-state index contributed by atoms with van der Waals surface area (Å²) in [6, 6.07) is 3.95. The molecule has 1 aliphatic heterocycles. The van der Waals surface area contributed by atoms with Crippen LogP contribution in [0, 0.1) is 0 Å². The van der Waals surface area contributed by atoms with Crippen molar-refractivity contribution in [3.05, 3.63) is 35.6 Å². The van der Waals surface area contributed by atoms with Crippen LogP contribution in [0.25, 0.3) is 10.6 Å². The molecular formula is C16H17N3OS. The summed E-state index contributed by atoms with van der Waals surface area (Å²) in [6.07, 6.45) is 9.73. The molecule has 0 amide bonds. The van der Waals surface area contributed by atoms with Crippen LogP contribution < -0.4 is 0 Å². The van der Waals surface area contributed by atoms with Crippen molar-refractivity contribution >= 4 is 17.2 Å². The summed E-state index contributed by atoms with van der Waals surface area (Å²) in [5, 5.41) is 3.03. The summed E-state index contributed by atoms with van der Waals surface area (Å²) < 4.78 is 5.86. The number of aliphatic imine (C=N–C) groups is 1. The molecule has 0 unspecified atom stereocenters. The first-order chi connectivity index (χ1) is 10.3. The van der Waals surface area contributed by atoms with Crippen molar-refractivity contribution in [2.24, 2.45) is 4.99 Å². The molecule has 3 heterocycles. The fraction of sp³-hybridized carbons (Fsp3) is 0.438. The summed E-state index contributed by atoms with van der Waals surface area (Å²) in [6.45, 7) is 0.727. The Labute approximate surface area is 127 Å². The number of thiazole rings is 1. The lowest BCUT2D eigenvalue weighted by Gasteiger charge is -2.27. The molecule has 0 radical (unpaired) electrons. The Bertz CT molecular complexity index is 659. The standard InChI is InChI=1S/C16H17N3OS/c1-2-6-16(7-3-1)11-20-14(19-16)13-10-21-15(18-13)12-4-8-17-9-5-12/h4-5,8-10H,1-3,6-7,11H2. The second kappa shape index (κ2) is 5.22. The van der Waals surface area contributed by atoms with Crippen molar-refractivity contribution in [3.63, 3.8) is 0 Å². The monoisotopic (exact) mass is 299 g/mol. The Balaban J connectivity index is 1.60. The van der Waals surface area contributed by atoms with Gasteiger partial charge in [-0.2, -0.15) is 0 Å². The van der Waals surface area contributed by atoms with Gasteiger partial charge in [-0.1, -0.05) is 19.3 Å². The minimum absolute atomic E-state index is 0.0357. The molecule has 108 valence electrons. The third kappa shape index (κ3) is 2.46. The van der Waals surface area contributed by atoms with Crippen LogP contribution in [-0.4, -0.2) is 28.0 Å². The van der Waals surface area contributed by atoms with Gasteiger partial charge in [0, 0.05) is 23.3 Å². The first kappa shape index (κ1) is 13.0. The van der Waals surface area contributed by atoms with E-state index in [0.717, 1.165) is 41.6 Å². The van der Waals surface area contributed by atoms with Gasteiger partial charge in [0.05, 0.1) is 5.54 Å². The fourth-order valence-electron chi connectivity index (χ4n) is 3.08. The van der Waals surface area contributed by atoms with Gasteiger partial charge in [-0.25, -0.2) is 9.98 Å². The molecule has 4 nitrogen and oxygen atoms in total. The molecule has 0 aromatic carbocycles. The first-order valence-corrected chi connectivity index (χ1v) is 8.32.